The van der Waals surface area contributed by atoms with Crippen molar-refractivity contribution in [3.05, 3.63) is 16.1 Å². The summed E-state index contributed by atoms with van der Waals surface area (Å²) in [7, 11) is -1.57. The van der Waals surface area contributed by atoms with Crippen molar-refractivity contribution in [2.24, 2.45) is 0 Å². The minimum atomic E-state index is -3.20. The van der Waals surface area contributed by atoms with Gasteiger partial charge in [0, 0.05) is 18.5 Å². The quantitative estimate of drug-likeness (QED) is 0.877. The summed E-state index contributed by atoms with van der Waals surface area (Å²) in [5.74, 6) is 0.187. The SMILES string of the molecule is Cc1nc(CN(C)S(=O)(=O)CC2CCCN2)cs1. The van der Waals surface area contributed by atoms with Crippen molar-refractivity contribution in [2.45, 2.75) is 32.4 Å². The number of nitrogens with zero attached hydrogens (tertiary/aromatic N) is 2. The second-order valence-electron chi connectivity index (χ2n) is 4.69. The van der Waals surface area contributed by atoms with E-state index in [-0.39, 0.29) is 11.8 Å². The predicted octanol–water partition coefficient (Wildman–Crippen LogP) is 0.965. The highest BCUT2D eigenvalue weighted by Gasteiger charge is 2.25. The van der Waals surface area contributed by atoms with E-state index < -0.39 is 10.0 Å². The Morgan fingerprint density at radius 1 is 1.61 bits per heavy atom. The molecule has 7 heteroatoms. The topological polar surface area (TPSA) is 62.3 Å². The number of rotatable bonds is 5. The Morgan fingerprint density at radius 3 is 2.94 bits per heavy atom. The van der Waals surface area contributed by atoms with E-state index in [0.29, 0.717) is 6.54 Å². The van der Waals surface area contributed by atoms with E-state index in [1.807, 2.05) is 12.3 Å². The predicted molar refractivity (Wildman–Crippen MR) is 73.1 cm³/mol. The van der Waals surface area contributed by atoms with E-state index in [2.05, 4.69) is 10.3 Å². The van der Waals surface area contributed by atoms with Gasteiger partial charge in [-0.3, -0.25) is 0 Å². The van der Waals surface area contributed by atoms with Gasteiger partial charge in [0.05, 0.1) is 23.0 Å². The maximum absolute atomic E-state index is 12.2. The van der Waals surface area contributed by atoms with Gasteiger partial charge in [-0.1, -0.05) is 0 Å². The van der Waals surface area contributed by atoms with Crippen molar-refractivity contribution in [3.8, 4) is 0 Å². The zero-order valence-corrected chi connectivity index (χ0v) is 12.4. The largest absolute Gasteiger partial charge is 0.313 e. The molecule has 0 bridgehead atoms. The van der Waals surface area contributed by atoms with Gasteiger partial charge in [0.2, 0.25) is 10.0 Å². The van der Waals surface area contributed by atoms with Crippen LogP contribution in [0.2, 0.25) is 0 Å². The van der Waals surface area contributed by atoms with Crippen LogP contribution < -0.4 is 5.32 Å². The number of hydrogen-bond donors (Lipinski definition) is 1. The monoisotopic (exact) mass is 289 g/mol. The van der Waals surface area contributed by atoms with Crippen LogP contribution in [0.5, 0.6) is 0 Å². The summed E-state index contributed by atoms with van der Waals surface area (Å²) >= 11 is 1.54. The standard InChI is InChI=1S/C11H19N3O2S2/c1-9-13-11(7-17-9)6-14(2)18(15,16)8-10-4-3-5-12-10/h7,10,12H,3-6,8H2,1-2H3. The van der Waals surface area contributed by atoms with Crippen molar-refractivity contribution in [1.82, 2.24) is 14.6 Å². The Bertz CT molecular complexity index is 492. The molecule has 1 aliphatic heterocycles. The van der Waals surface area contributed by atoms with Crippen LogP contribution in [0.15, 0.2) is 5.38 Å². The van der Waals surface area contributed by atoms with Crippen molar-refractivity contribution >= 4 is 21.4 Å². The number of aromatic nitrogens is 1. The fourth-order valence-electron chi connectivity index (χ4n) is 2.09. The minimum absolute atomic E-state index is 0.106. The molecule has 5 nitrogen and oxygen atoms in total. The lowest BCUT2D eigenvalue weighted by atomic mass is 10.3. The molecule has 1 fully saturated rings. The molecule has 1 atom stereocenters. The average molecular weight is 289 g/mol. The molecule has 1 aliphatic rings. The summed E-state index contributed by atoms with van der Waals surface area (Å²) in [6.45, 7) is 3.21. The molecule has 1 N–H and O–H groups in total. The molecule has 1 saturated heterocycles. The van der Waals surface area contributed by atoms with Gasteiger partial charge < -0.3 is 5.32 Å². The van der Waals surface area contributed by atoms with Gasteiger partial charge in [-0.05, 0) is 26.3 Å². The molecule has 0 amide bonds. The molecule has 102 valence electrons. The second-order valence-corrected chi connectivity index (χ2v) is 7.87. The minimum Gasteiger partial charge on any atom is -0.313 e. The van der Waals surface area contributed by atoms with Crippen molar-refractivity contribution in [2.75, 3.05) is 19.3 Å². The maximum atomic E-state index is 12.2. The van der Waals surface area contributed by atoms with Crippen LogP contribution in [-0.4, -0.2) is 43.1 Å². The molecular formula is C11H19N3O2S2. The molecule has 0 radical (unpaired) electrons. The highest BCUT2D eigenvalue weighted by atomic mass is 32.2. The molecule has 2 rings (SSSR count). The lowest BCUT2D eigenvalue weighted by molar-refractivity contribution is 0.456. The van der Waals surface area contributed by atoms with E-state index >= 15 is 0 Å². The number of hydrogen-bond acceptors (Lipinski definition) is 5. The number of aryl methyl sites for hydroxylation is 1. The molecule has 1 aromatic rings. The van der Waals surface area contributed by atoms with Crippen LogP contribution in [0.4, 0.5) is 0 Å². The lowest BCUT2D eigenvalue weighted by Crippen LogP contribution is -2.37. The van der Waals surface area contributed by atoms with Gasteiger partial charge >= 0.3 is 0 Å². The fourth-order valence-corrected chi connectivity index (χ4v) is 4.07. The second kappa shape index (κ2) is 5.64. The summed E-state index contributed by atoms with van der Waals surface area (Å²) in [5.41, 5.74) is 0.822. The highest BCUT2D eigenvalue weighted by molar-refractivity contribution is 7.89. The van der Waals surface area contributed by atoms with Crippen molar-refractivity contribution < 1.29 is 8.42 Å². The molecule has 0 aliphatic carbocycles. The van der Waals surface area contributed by atoms with Gasteiger partial charge in [0.15, 0.2) is 0 Å². The molecule has 1 aromatic heterocycles. The Hall–Kier alpha value is -0.500. The van der Waals surface area contributed by atoms with Gasteiger partial charge in [0.25, 0.3) is 0 Å². The summed E-state index contributed by atoms with van der Waals surface area (Å²) < 4.78 is 25.7. The van der Waals surface area contributed by atoms with E-state index in [4.69, 9.17) is 0 Å². The molecule has 1 unspecified atom stereocenters. The molecular weight excluding hydrogens is 270 g/mol. The molecule has 0 saturated carbocycles. The molecule has 2 heterocycles. The first kappa shape index (κ1) is 13.9. The first-order chi connectivity index (χ1) is 8.47. The lowest BCUT2D eigenvalue weighted by Gasteiger charge is -2.18. The third-order valence-electron chi connectivity index (χ3n) is 3.10. The Morgan fingerprint density at radius 2 is 2.39 bits per heavy atom. The fraction of sp³-hybridized carbons (Fsp3) is 0.727. The van der Waals surface area contributed by atoms with Gasteiger partial charge in [-0.2, -0.15) is 4.31 Å². The molecule has 0 aromatic carbocycles. The van der Waals surface area contributed by atoms with Gasteiger partial charge in [0.1, 0.15) is 0 Å². The average Bonchev–Trinajstić information content (AvgIpc) is 2.90. The summed E-state index contributed by atoms with van der Waals surface area (Å²) in [6, 6.07) is 0.106. The smallest absolute Gasteiger partial charge is 0.215 e. The molecule has 0 spiro atoms. The van der Waals surface area contributed by atoms with Crippen LogP contribution >= 0.6 is 11.3 Å². The van der Waals surface area contributed by atoms with E-state index in [1.54, 1.807) is 18.4 Å². The third-order valence-corrected chi connectivity index (χ3v) is 5.83. The van der Waals surface area contributed by atoms with Crippen LogP contribution in [0.25, 0.3) is 0 Å². The number of nitrogens with one attached hydrogen (secondary N) is 1. The van der Waals surface area contributed by atoms with Crippen LogP contribution in [0.3, 0.4) is 0 Å². The van der Waals surface area contributed by atoms with Crippen LogP contribution in [0, 0.1) is 6.92 Å². The van der Waals surface area contributed by atoms with Crippen molar-refractivity contribution in [1.29, 1.82) is 0 Å². The first-order valence-corrected chi connectivity index (χ1v) is 8.54. The normalized spacial score (nSPS) is 20.7. The van der Waals surface area contributed by atoms with Crippen LogP contribution in [-0.2, 0) is 16.6 Å². The van der Waals surface area contributed by atoms with Crippen molar-refractivity contribution in [3.63, 3.8) is 0 Å². The Labute approximate surface area is 112 Å². The molecule has 18 heavy (non-hydrogen) atoms. The summed E-state index contributed by atoms with van der Waals surface area (Å²) in [6.07, 6.45) is 2.01. The van der Waals surface area contributed by atoms with Gasteiger partial charge in [-0.15, -0.1) is 11.3 Å². The Balaban J connectivity index is 1.96. The first-order valence-electron chi connectivity index (χ1n) is 6.06. The summed E-state index contributed by atoms with van der Waals surface area (Å²) in [4.78, 5) is 4.29. The zero-order valence-electron chi connectivity index (χ0n) is 10.7. The number of thiazole rings is 1. The summed E-state index contributed by atoms with van der Waals surface area (Å²) in [5, 5.41) is 6.09. The van der Waals surface area contributed by atoms with Crippen LogP contribution in [0.1, 0.15) is 23.5 Å². The highest BCUT2D eigenvalue weighted by Crippen LogP contribution is 2.14. The number of sulfonamides is 1. The van der Waals surface area contributed by atoms with Gasteiger partial charge in [-0.25, -0.2) is 13.4 Å². The van der Waals surface area contributed by atoms with E-state index in [1.165, 1.54) is 4.31 Å². The maximum Gasteiger partial charge on any atom is 0.215 e. The Kier molecular flexibility index (Phi) is 4.37. The van der Waals surface area contributed by atoms with E-state index in [9.17, 15) is 8.42 Å². The third kappa shape index (κ3) is 3.50. The zero-order chi connectivity index (χ0) is 13.2. The van der Waals surface area contributed by atoms with E-state index in [0.717, 1.165) is 30.1 Å².